The molecule has 1 aromatic carbocycles. The Kier molecular flexibility index (Phi) is 6.46. The third kappa shape index (κ3) is 3.56. The predicted molar refractivity (Wildman–Crippen MR) is 51.2 cm³/mol. The second-order valence-electron chi connectivity index (χ2n) is 2.15. The number of hydrogen-bond acceptors (Lipinski definition) is 2. The van der Waals surface area contributed by atoms with Crippen LogP contribution in [0.25, 0.3) is 0 Å². The molecule has 3 nitrogen and oxygen atoms in total. The molecular formula is C7H11CaO3P. The topological polar surface area (TPSA) is 57.5 Å². The number of hydrogen-bond donors (Lipinski definition) is 2. The summed E-state index contributed by atoms with van der Waals surface area (Å²) >= 11 is 0. The van der Waals surface area contributed by atoms with E-state index in [1.807, 2.05) is 0 Å². The zero-order valence-corrected chi connectivity index (χ0v) is 6.77. The summed E-state index contributed by atoms with van der Waals surface area (Å²) < 4.78 is 10.4. The van der Waals surface area contributed by atoms with Crippen molar-refractivity contribution in [2.75, 3.05) is 0 Å². The predicted octanol–water partition coefficient (Wildman–Crippen LogP) is 0.228. The fraction of sp³-hybridized carbons (Fsp3) is 0.143. The van der Waals surface area contributed by atoms with Crippen LogP contribution in [0, 0.1) is 0 Å². The summed E-state index contributed by atoms with van der Waals surface area (Å²) in [5.74, 6) is -1.22. The van der Waals surface area contributed by atoms with E-state index in [9.17, 15) is 4.57 Å². The van der Waals surface area contributed by atoms with Gasteiger partial charge in [0.15, 0.2) is 5.85 Å². The average molecular weight is 214 g/mol. The van der Waals surface area contributed by atoms with Gasteiger partial charge >= 0.3 is 37.7 Å². The molecule has 0 spiro atoms. The van der Waals surface area contributed by atoms with Gasteiger partial charge in [-0.15, -0.1) is 0 Å². The van der Waals surface area contributed by atoms with E-state index >= 15 is 0 Å². The molecule has 0 aliphatic heterocycles. The Labute approximate surface area is 101 Å². The van der Waals surface area contributed by atoms with E-state index in [0.29, 0.717) is 5.56 Å². The zero-order valence-electron chi connectivity index (χ0n) is 5.77. The molecule has 0 heterocycles. The van der Waals surface area contributed by atoms with Crippen molar-refractivity contribution in [2.24, 2.45) is 0 Å². The van der Waals surface area contributed by atoms with Crippen molar-refractivity contribution in [3.63, 3.8) is 0 Å². The molecular weight excluding hydrogens is 203 g/mol. The Morgan fingerprint density at radius 1 is 1.25 bits per heavy atom. The van der Waals surface area contributed by atoms with Gasteiger partial charge in [0.05, 0.1) is 0 Å². The Bertz CT molecular complexity index is 252. The van der Waals surface area contributed by atoms with Crippen molar-refractivity contribution in [1.29, 1.82) is 0 Å². The van der Waals surface area contributed by atoms with Gasteiger partial charge in [0.25, 0.3) is 0 Å². The molecule has 0 bridgehead atoms. The molecule has 0 radical (unpaired) electrons. The van der Waals surface area contributed by atoms with E-state index in [1.54, 1.807) is 30.3 Å². The first kappa shape index (κ1) is 12.6. The second kappa shape index (κ2) is 6.14. The summed E-state index contributed by atoms with van der Waals surface area (Å²) in [7, 11) is -2.86. The van der Waals surface area contributed by atoms with Crippen LogP contribution in [0.15, 0.2) is 30.3 Å². The van der Waals surface area contributed by atoms with Crippen LogP contribution in [0.2, 0.25) is 0 Å². The van der Waals surface area contributed by atoms with E-state index < -0.39 is 13.9 Å². The molecule has 0 aromatic heterocycles. The summed E-state index contributed by atoms with van der Waals surface area (Å²) in [5.41, 5.74) is 0.485. The maximum atomic E-state index is 10.4. The molecule has 5 heteroatoms. The fourth-order valence-corrected chi connectivity index (χ4v) is 1.26. The molecule has 0 amide bonds. The third-order valence-electron chi connectivity index (χ3n) is 1.35. The normalized spacial score (nSPS) is 14.5. The molecule has 0 aliphatic rings. The van der Waals surface area contributed by atoms with Crippen molar-refractivity contribution >= 4 is 45.8 Å². The van der Waals surface area contributed by atoms with Crippen LogP contribution in [0.4, 0.5) is 0 Å². The minimum absolute atomic E-state index is 0. The van der Waals surface area contributed by atoms with Crippen molar-refractivity contribution < 1.29 is 14.6 Å². The molecule has 0 aliphatic carbocycles. The van der Waals surface area contributed by atoms with Gasteiger partial charge in [-0.25, -0.2) is 0 Å². The number of rotatable bonds is 2. The van der Waals surface area contributed by atoms with Crippen LogP contribution in [-0.2, 0) is 4.57 Å². The van der Waals surface area contributed by atoms with Crippen molar-refractivity contribution in [1.82, 2.24) is 0 Å². The summed E-state index contributed by atoms with van der Waals surface area (Å²) in [6, 6.07) is 8.43. The molecule has 1 aromatic rings. The van der Waals surface area contributed by atoms with E-state index in [2.05, 4.69) is 0 Å². The molecule has 1 rings (SSSR count). The molecule has 0 saturated heterocycles. The molecule has 2 unspecified atom stereocenters. The number of aliphatic hydroxyl groups is 1. The van der Waals surface area contributed by atoms with Crippen LogP contribution in [0.3, 0.4) is 0 Å². The Morgan fingerprint density at radius 3 is 2.17 bits per heavy atom. The Hall–Kier alpha value is 0.630. The van der Waals surface area contributed by atoms with Gasteiger partial charge in [-0.3, -0.25) is 4.57 Å². The maximum absolute atomic E-state index is 10.4. The fourth-order valence-electron chi connectivity index (χ4n) is 0.778. The molecule has 2 N–H and O–H groups in total. The molecule has 0 fully saturated rings. The zero-order chi connectivity index (χ0) is 8.27. The first-order valence-corrected chi connectivity index (χ1v) is 4.61. The van der Waals surface area contributed by atoms with Crippen LogP contribution in [0.1, 0.15) is 11.4 Å². The quantitative estimate of drug-likeness (QED) is 0.547. The summed E-state index contributed by atoms with van der Waals surface area (Å²) in [5, 5.41) is 9.08. The molecule has 64 valence electrons. The summed E-state index contributed by atoms with van der Waals surface area (Å²) in [4.78, 5) is 8.57. The van der Waals surface area contributed by atoms with E-state index in [0.717, 1.165) is 0 Å². The van der Waals surface area contributed by atoms with Gasteiger partial charge in [0.2, 0.25) is 8.03 Å². The Morgan fingerprint density at radius 2 is 1.75 bits per heavy atom. The molecule has 12 heavy (non-hydrogen) atoms. The van der Waals surface area contributed by atoms with E-state index in [-0.39, 0.29) is 37.7 Å². The van der Waals surface area contributed by atoms with Gasteiger partial charge in [-0.1, -0.05) is 30.3 Å². The summed E-state index contributed by atoms with van der Waals surface area (Å²) in [6.07, 6.45) is 0. The first-order valence-electron chi connectivity index (χ1n) is 3.17. The Balaban J connectivity index is 0.00000121. The second-order valence-corrected chi connectivity index (χ2v) is 3.37. The van der Waals surface area contributed by atoms with Gasteiger partial charge in [-0.2, -0.15) is 0 Å². The standard InChI is InChI=1S/C7H9O3P.Ca.2H/c8-7(11(9)10)6-4-2-1-3-5-6;;;/h1-5,7-8,11H,(H,9,10);;;. The van der Waals surface area contributed by atoms with Crippen LogP contribution in [-0.4, -0.2) is 47.7 Å². The van der Waals surface area contributed by atoms with Gasteiger partial charge < -0.3 is 10.00 Å². The van der Waals surface area contributed by atoms with Gasteiger partial charge in [0.1, 0.15) is 0 Å². The van der Waals surface area contributed by atoms with E-state index in [4.69, 9.17) is 10.00 Å². The summed E-state index contributed by atoms with van der Waals surface area (Å²) in [6.45, 7) is 0. The van der Waals surface area contributed by atoms with Crippen molar-refractivity contribution in [2.45, 2.75) is 5.85 Å². The monoisotopic (exact) mass is 214 g/mol. The SMILES string of the molecule is O=[PH](O)C(O)c1ccccc1.[CaH2]. The van der Waals surface area contributed by atoms with Crippen LogP contribution in [0.5, 0.6) is 0 Å². The van der Waals surface area contributed by atoms with Crippen LogP contribution >= 0.6 is 8.03 Å². The third-order valence-corrected chi connectivity index (χ3v) is 2.15. The molecule has 0 saturated carbocycles. The first-order chi connectivity index (χ1) is 5.22. The van der Waals surface area contributed by atoms with Gasteiger partial charge in [0, 0.05) is 0 Å². The van der Waals surface area contributed by atoms with E-state index in [1.165, 1.54) is 0 Å². The molecule has 2 atom stereocenters. The number of aliphatic hydroxyl groups excluding tert-OH is 1. The van der Waals surface area contributed by atoms with Crippen molar-refractivity contribution in [3.05, 3.63) is 35.9 Å². The number of benzene rings is 1. The minimum atomic E-state index is -2.86. The van der Waals surface area contributed by atoms with Crippen LogP contribution < -0.4 is 0 Å². The average Bonchev–Trinajstić information content (AvgIpc) is 2.05. The van der Waals surface area contributed by atoms with Gasteiger partial charge in [-0.05, 0) is 5.56 Å². The van der Waals surface area contributed by atoms with Crippen molar-refractivity contribution in [3.8, 4) is 0 Å².